The molecule has 1 heterocycles. The molecule has 21 heavy (non-hydrogen) atoms. The summed E-state index contributed by atoms with van der Waals surface area (Å²) in [6, 6.07) is 10.3. The summed E-state index contributed by atoms with van der Waals surface area (Å²) in [6.07, 6.45) is 1.55. The first-order valence-electron chi connectivity index (χ1n) is 6.49. The first kappa shape index (κ1) is 17.4. The molecule has 7 heteroatoms. The van der Waals surface area contributed by atoms with Crippen LogP contribution in [0.5, 0.6) is 0 Å². The third-order valence-corrected chi connectivity index (χ3v) is 3.05. The highest BCUT2D eigenvalue weighted by Gasteiger charge is 2.08. The van der Waals surface area contributed by atoms with Gasteiger partial charge in [0, 0.05) is 27.7 Å². The van der Waals surface area contributed by atoms with Gasteiger partial charge in [0.05, 0.1) is 6.54 Å². The molecular formula is C14H21IN6. The van der Waals surface area contributed by atoms with Crippen LogP contribution in [0.4, 0.5) is 0 Å². The Kier molecular flexibility index (Phi) is 7.13. The monoisotopic (exact) mass is 400 g/mol. The molecule has 0 atom stereocenters. The molecule has 0 radical (unpaired) electrons. The third kappa shape index (κ3) is 5.00. The number of hydrogen-bond acceptors (Lipinski definition) is 3. The van der Waals surface area contributed by atoms with E-state index >= 15 is 0 Å². The minimum Gasteiger partial charge on any atom is -0.349 e. The maximum absolute atomic E-state index is 4.29. The van der Waals surface area contributed by atoms with Crippen molar-refractivity contribution in [1.29, 1.82) is 0 Å². The zero-order valence-electron chi connectivity index (χ0n) is 12.5. The van der Waals surface area contributed by atoms with Crippen LogP contribution < -0.4 is 5.32 Å². The number of rotatable bonds is 4. The maximum Gasteiger partial charge on any atom is 0.194 e. The minimum absolute atomic E-state index is 0. The lowest BCUT2D eigenvalue weighted by Gasteiger charge is -2.22. The fourth-order valence-electron chi connectivity index (χ4n) is 1.96. The average Bonchev–Trinajstić information content (AvgIpc) is 2.86. The summed E-state index contributed by atoms with van der Waals surface area (Å²) >= 11 is 0. The number of nitrogens with one attached hydrogen (secondary N) is 1. The molecule has 0 aliphatic heterocycles. The summed E-state index contributed by atoms with van der Waals surface area (Å²) < 4.78 is 1.75. The van der Waals surface area contributed by atoms with E-state index in [4.69, 9.17) is 0 Å². The van der Waals surface area contributed by atoms with Crippen molar-refractivity contribution >= 4 is 29.9 Å². The van der Waals surface area contributed by atoms with Gasteiger partial charge in [-0.05, 0) is 5.56 Å². The highest BCUT2D eigenvalue weighted by Crippen LogP contribution is 2.03. The number of aliphatic imine (C=N–C) groups is 1. The quantitative estimate of drug-likeness (QED) is 0.482. The van der Waals surface area contributed by atoms with Crippen molar-refractivity contribution in [3.05, 3.63) is 48.0 Å². The molecule has 0 fully saturated rings. The molecule has 0 aliphatic carbocycles. The van der Waals surface area contributed by atoms with Crippen LogP contribution in [0, 0.1) is 0 Å². The Bertz CT molecular complexity index is 566. The zero-order chi connectivity index (χ0) is 14.4. The summed E-state index contributed by atoms with van der Waals surface area (Å²) in [5.74, 6) is 1.70. The van der Waals surface area contributed by atoms with Gasteiger partial charge in [0.1, 0.15) is 12.2 Å². The van der Waals surface area contributed by atoms with Crippen LogP contribution in [0.25, 0.3) is 0 Å². The van der Waals surface area contributed by atoms with Crippen molar-refractivity contribution in [3.63, 3.8) is 0 Å². The Morgan fingerprint density at radius 1 is 1.33 bits per heavy atom. The molecule has 2 rings (SSSR count). The van der Waals surface area contributed by atoms with Gasteiger partial charge < -0.3 is 10.2 Å². The standard InChI is InChI=1S/C14H20N6.HI/c1-15-14(16-9-13-17-11-18-20(13)3)19(2)10-12-7-5-4-6-8-12;/h4-8,11H,9-10H2,1-3H3,(H,15,16);1H. The lowest BCUT2D eigenvalue weighted by molar-refractivity contribution is 0.474. The van der Waals surface area contributed by atoms with Crippen molar-refractivity contribution in [2.45, 2.75) is 13.1 Å². The van der Waals surface area contributed by atoms with E-state index < -0.39 is 0 Å². The molecule has 0 amide bonds. The molecule has 0 aliphatic rings. The number of benzene rings is 1. The lowest BCUT2D eigenvalue weighted by Crippen LogP contribution is -2.38. The van der Waals surface area contributed by atoms with Gasteiger partial charge in [-0.15, -0.1) is 24.0 Å². The normalized spacial score (nSPS) is 10.9. The van der Waals surface area contributed by atoms with Crippen molar-refractivity contribution < 1.29 is 0 Å². The molecule has 1 N–H and O–H groups in total. The molecule has 0 saturated heterocycles. The first-order chi connectivity index (χ1) is 9.70. The summed E-state index contributed by atoms with van der Waals surface area (Å²) in [5.41, 5.74) is 1.25. The van der Waals surface area contributed by atoms with Crippen LogP contribution in [0.15, 0.2) is 41.7 Å². The fraction of sp³-hybridized carbons (Fsp3) is 0.357. The van der Waals surface area contributed by atoms with Gasteiger partial charge in [-0.3, -0.25) is 9.67 Å². The van der Waals surface area contributed by atoms with Crippen molar-refractivity contribution in [2.24, 2.45) is 12.0 Å². The predicted octanol–water partition coefficient (Wildman–Crippen LogP) is 1.64. The molecule has 0 bridgehead atoms. The number of hydrogen-bond donors (Lipinski definition) is 1. The average molecular weight is 400 g/mol. The van der Waals surface area contributed by atoms with E-state index in [0.717, 1.165) is 18.3 Å². The van der Waals surface area contributed by atoms with Gasteiger partial charge in [0.25, 0.3) is 0 Å². The smallest absolute Gasteiger partial charge is 0.194 e. The number of aryl methyl sites for hydroxylation is 1. The van der Waals surface area contributed by atoms with Crippen molar-refractivity contribution in [1.82, 2.24) is 25.0 Å². The molecule has 2 aromatic rings. The van der Waals surface area contributed by atoms with Crippen molar-refractivity contribution in [2.75, 3.05) is 14.1 Å². The van der Waals surface area contributed by atoms with E-state index in [1.54, 1.807) is 18.1 Å². The second kappa shape index (κ2) is 8.60. The van der Waals surface area contributed by atoms with Gasteiger partial charge in [-0.2, -0.15) is 5.10 Å². The Morgan fingerprint density at radius 3 is 2.62 bits per heavy atom. The highest BCUT2D eigenvalue weighted by atomic mass is 127. The number of halogens is 1. The molecule has 6 nitrogen and oxygen atoms in total. The van der Waals surface area contributed by atoms with Crippen LogP contribution in [-0.2, 0) is 20.1 Å². The number of guanidine groups is 1. The Balaban J connectivity index is 0.00000220. The van der Waals surface area contributed by atoms with Crippen LogP contribution in [-0.4, -0.2) is 39.7 Å². The van der Waals surface area contributed by atoms with Gasteiger partial charge >= 0.3 is 0 Å². The van der Waals surface area contributed by atoms with Crippen LogP contribution in [0.2, 0.25) is 0 Å². The van der Waals surface area contributed by atoms with Gasteiger partial charge in [0.2, 0.25) is 0 Å². The van der Waals surface area contributed by atoms with Gasteiger partial charge in [0.15, 0.2) is 5.96 Å². The largest absolute Gasteiger partial charge is 0.349 e. The second-order valence-corrected chi connectivity index (χ2v) is 4.54. The molecule has 1 aromatic heterocycles. The van der Waals surface area contributed by atoms with Gasteiger partial charge in [-0.25, -0.2) is 4.98 Å². The Morgan fingerprint density at radius 2 is 2.05 bits per heavy atom. The molecule has 1 aromatic carbocycles. The Hall–Kier alpha value is -1.64. The van der Waals surface area contributed by atoms with Crippen LogP contribution in [0.1, 0.15) is 11.4 Å². The van der Waals surface area contributed by atoms with Gasteiger partial charge in [-0.1, -0.05) is 30.3 Å². The van der Waals surface area contributed by atoms with E-state index in [1.165, 1.54) is 5.56 Å². The number of aromatic nitrogens is 3. The molecule has 0 saturated carbocycles. The topological polar surface area (TPSA) is 58.3 Å². The molecule has 0 spiro atoms. The fourth-order valence-corrected chi connectivity index (χ4v) is 1.96. The van der Waals surface area contributed by atoms with Crippen LogP contribution >= 0.6 is 24.0 Å². The van der Waals surface area contributed by atoms with E-state index in [0.29, 0.717) is 6.54 Å². The molecule has 114 valence electrons. The Labute approximate surface area is 142 Å². The third-order valence-electron chi connectivity index (χ3n) is 3.05. The minimum atomic E-state index is 0. The maximum atomic E-state index is 4.29. The first-order valence-corrected chi connectivity index (χ1v) is 6.49. The van der Waals surface area contributed by atoms with Crippen LogP contribution in [0.3, 0.4) is 0 Å². The number of nitrogens with zero attached hydrogens (tertiary/aromatic N) is 5. The second-order valence-electron chi connectivity index (χ2n) is 4.54. The summed E-state index contributed by atoms with van der Waals surface area (Å²) in [7, 11) is 5.67. The predicted molar refractivity (Wildman–Crippen MR) is 94.5 cm³/mol. The summed E-state index contributed by atoms with van der Waals surface area (Å²) in [4.78, 5) is 10.5. The van der Waals surface area contributed by atoms with E-state index in [2.05, 4.69) is 37.4 Å². The summed E-state index contributed by atoms with van der Waals surface area (Å²) in [5, 5.41) is 7.33. The SMILES string of the molecule is CN=C(NCc1ncnn1C)N(C)Cc1ccccc1.I. The van der Waals surface area contributed by atoms with E-state index in [-0.39, 0.29) is 24.0 Å². The molecule has 0 unspecified atom stereocenters. The highest BCUT2D eigenvalue weighted by molar-refractivity contribution is 14.0. The van der Waals surface area contributed by atoms with E-state index in [1.807, 2.05) is 32.3 Å². The van der Waals surface area contributed by atoms with E-state index in [9.17, 15) is 0 Å². The summed E-state index contributed by atoms with van der Waals surface area (Å²) in [6.45, 7) is 1.40. The van der Waals surface area contributed by atoms with Crippen molar-refractivity contribution in [3.8, 4) is 0 Å². The lowest BCUT2D eigenvalue weighted by atomic mass is 10.2. The zero-order valence-corrected chi connectivity index (χ0v) is 14.9. The molecular weight excluding hydrogens is 379 g/mol.